The summed E-state index contributed by atoms with van der Waals surface area (Å²) in [7, 11) is 0. The highest BCUT2D eigenvalue weighted by atomic mass is 32.2. The largest absolute Gasteiger partial charge is 0.453 e. The van der Waals surface area contributed by atoms with Crippen LogP contribution in [-0.4, -0.2) is 24.2 Å². The van der Waals surface area contributed by atoms with Crippen LogP contribution < -0.4 is 5.84 Å². The van der Waals surface area contributed by atoms with E-state index in [4.69, 9.17) is 5.84 Å². The molecule has 0 saturated carbocycles. The van der Waals surface area contributed by atoms with Gasteiger partial charge in [0.05, 0.1) is 0 Å². The summed E-state index contributed by atoms with van der Waals surface area (Å²) in [4.78, 5) is 4.21. The first-order valence-electron chi connectivity index (χ1n) is 5.55. The van der Waals surface area contributed by atoms with Crippen LogP contribution in [0, 0.1) is 5.92 Å². The number of hydrogen-bond donors (Lipinski definition) is 1. The van der Waals surface area contributed by atoms with E-state index in [9.17, 15) is 13.2 Å². The van der Waals surface area contributed by atoms with Crippen LogP contribution in [0.15, 0.2) is 9.50 Å². The summed E-state index contributed by atoms with van der Waals surface area (Å²) >= 11 is 2.00. The summed E-state index contributed by atoms with van der Waals surface area (Å²) in [6.45, 7) is 4.06. The van der Waals surface area contributed by atoms with Gasteiger partial charge < -0.3 is 5.84 Å². The average molecular weight is 324 g/mol. The molecular formula is C9H11F3N6S2. The van der Waals surface area contributed by atoms with Crippen LogP contribution in [0.2, 0.25) is 0 Å². The van der Waals surface area contributed by atoms with Gasteiger partial charge in [-0.2, -0.15) is 17.5 Å². The van der Waals surface area contributed by atoms with Crippen LogP contribution in [0.1, 0.15) is 25.5 Å². The van der Waals surface area contributed by atoms with E-state index in [1.165, 1.54) is 0 Å². The Morgan fingerprint density at radius 3 is 2.60 bits per heavy atom. The molecule has 0 bridgehead atoms. The van der Waals surface area contributed by atoms with Gasteiger partial charge in [-0.15, -0.1) is 10.2 Å². The maximum atomic E-state index is 12.5. The molecule has 2 aromatic rings. The van der Waals surface area contributed by atoms with Crippen molar-refractivity contribution in [1.82, 2.24) is 24.2 Å². The third kappa shape index (κ3) is 3.39. The number of nitrogens with two attached hydrogens (primary N) is 1. The molecule has 2 rings (SSSR count). The topological polar surface area (TPSA) is 82.5 Å². The van der Waals surface area contributed by atoms with Gasteiger partial charge in [-0.1, -0.05) is 13.8 Å². The van der Waals surface area contributed by atoms with Crippen molar-refractivity contribution in [3.8, 4) is 0 Å². The lowest BCUT2D eigenvalue weighted by Crippen LogP contribution is -2.21. The molecule has 0 saturated heterocycles. The molecule has 0 aliphatic heterocycles. The van der Waals surface area contributed by atoms with Crippen LogP contribution in [0.5, 0.6) is 0 Å². The molecule has 0 atom stereocenters. The molecule has 0 aromatic carbocycles. The van der Waals surface area contributed by atoms with Crippen molar-refractivity contribution in [3.63, 3.8) is 0 Å². The Morgan fingerprint density at radius 1 is 1.35 bits per heavy atom. The Labute approximate surface area is 120 Å². The van der Waals surface area contributed by atoms with E-state index in [0.29, 0.717) is 27.2 Å². The monoisotopic (exact) mass is 324 g/mol. The van der Waals surface area contributed by atoms with Crippen molar-refractivity contribution in [2.45, 2.75) is 35.9 Å². The van der Waals surface area contributed by atoms with E-state index in [1.807, 2.05) is 13.8 Å². The van der Waals surface area contributed by atoms with E-state index in [-0.39, 0.29) is 5.16 Å². The second-order valence-corrected chi connectivity index (χ2v) is 6.32. The first kappa shape index (κ1) is 15.0. The first-order valence-corrected chi connectivity index (χ1v) is 7.14. The van der Waals surface area contributed by atoms with Crippen molar-refractivity contribution in [2.24, 2.45) is 5.92 Å². The summed E-state index contributed by atoms with van der Waals surface area (Å²) in [6.07, 6.45) is -3.93. The van der Waals surface area contributed by atoms with E-state index in [1.54, 1.807) is 0 Å². The summed E-state index contributed by atoms with van der Waals surface area (Å²) in [5.41, 5.74) is 0. The molecule has 0 aliphatic carbocycles. The fraction of sp³-hybridized carbons (Fsp3) is 0.556. The number of nitrogens with zero attached hydrogens (tertiary/aromatic N) is 5. The molecule has 0 aliphatic rings. The highest BCUT2D eigenvalue weighted by Crippen LogP contribution is 2.32. The van der Waals surface area contributed by atoms with Gasteiger partial charge in [-0.3, -0.25) is 0 Å². The maximum absolute atomic E-state index is 12.5. The van der Waals surface area contributed by atoms with Gasteiger partial charge in [-0.25, -0.2) is 9.66 Å². The van der Waals surface area contributed by atoms with Crippen molar-refractivity contribution in [1.29, 1.82) is 0 Å². The Morgan fingerprint density at radius 2 is 2.05 bits per heavy atom. The minimum atomic E-state index is -4.63. The normalized spacial score (nSPS) is 12.3. The number of halogens is 3. The van der Waals surface area contributed by atoms with Crippen LogP contribution >= 0.6 is 23.3 Å². The minimum absolute atomic E-state index is 0.0791. The molecule has 2 N–H and O–H groups in total. The van der Waals surface area contributed by atoms with E-state index in [0.717, 1.165) is 23.3 Å². The lowest BCUT2D eigenvalue weighted by atomic mass is 10.1. The van der Waals surface area contributed by atoms with Gasteiger partial charge >= 0.3 is 6.18 Å². The SMILES string of the molecule is CC(C)Cc1nsc(Sc2nnc(C(F)(F)F)n2N)n1. The van der Waals surface area contributed by atoms with Crippen LogP contribution in [-0.2, 0) is 12.6 Å². The lowest BCUT2D eigenvalue weighted by molar-refractivity contribution is -0.146. The fourth-order valence-corrected chi connectivity index (χ4v) is 2.85. The molecule has 0 unspecified atom stereocenters. The summed E-state index contributed by atoms with van der Waals surface area (Å²) in [5.74, 6) is 5.15. The fourth-order valence-electron chi connectivity index (χ4n) is 1.35. The zero-order chi connectivity index (χ0) is 14.9. The first-order chi connectivity index (χ1) is 9.27. The number of hydrogen-bond acceptors (Lipinski definition) is 7. The molecule has 6 nitrogen and oxygen atoms in total. The third-order valence-electron chi connectivity index (χ3n) is 2.14. The zero-order valence-electron chi connectivity index (χ0n) is 10.5. The van der Waals surface area contributed by atoms with Gasteiger partial charge in [0, 0.05) is 6.42 Å². The lowest BCUT2D eigenvalue weighted by Gasteiger charge is -2.04. The summed E-state index contributed by atoms with van der Waals surface area (Å²) in [5, 5.41) is 6.38. The van der Waals surface area contributed by atoms with Crippen LogP contribution in [0.25, 0.3) is 0 Å². The summed E-state index contributed by atoms with van der Waals surface area (Å²) in [6, 6.07) is 0. The third-order valence-corrected chi connectivity index (χ3v) is 3.89. The van der Waals surface area contributed by atoms with E-state index in [2.05, 4.69) is 19.6 Å². The zero-order valence-corrected chi connectivity index (χ0v) is 12.2. The number of alkyl halides is 3. The molecule has 11 heteroatoms. The smallest absolute Gasteiger partial charge is 0.335 e. The number of aromatic nitrogens is 5. The Bertz CT molecular complexity index is 591. The van der Waals surface area contributed by atoms with Crippen LogP contribution in [0.3, 0.4) is 0 Å². The van der Waals surface area contributed by atoms with Gasteiger partial charge in [0.2, 0.25) is 5.16 Å². The maximum Gasteiger partial charge on any atom is 0.453 e. The van der Waals surface area contributed by atoms with Crippen LogP contribution in [0.4, 0.5) is 13.2 Å². The second kappa shape index (κ2) is 5.56. The molecule has 0 radical (unpaired) electrons. The van der Waals surface area contributed by atoms with Crippen molar-refractivity contribution in [2.75, 3.05) is 5.84 Å². The number of rotatable bonds is 4. The van der Waals surface area contributed by atoms with Crippen molar-refractivity contribution in [3.05, 3.63) is 11.6 Å². The Balaban J connectivity index is 2.15. The van der Waals surface area contributed by atoms with E-state index < -0.39 is 12.0 Å². The molecule has 0 fully saturated rings. The minimum Gasteiger partial charge on any atom is -0.335 e. The molecular weight excluding hydrogens is 313 g/mol. The quantitative estimate of drug-likeness (QED) is 0.868. The highest BCUT2D eigenvalue weighted by Gasteiger charge is 2.38. The summed E-state index contributed by atoms with van der Waals surface area (Å²) < 4.78 is 42.5. The van der Waals surface area contributed by atoms with Gasteiger partial charge in [0.1, 0.15) is 5.82 Å². The van der Waals surface area contributed by atoms with Gasteiger partial charge in [0.25, 0.3) is 5.82 Å². The van der Waals surface area contributed by atoms with Gasteiger partial charge in [0.15, 0.2) is 4.34 Å². The Hall–Kier alpha value is -1.36. The molecule has 110 valence electrons. The van der Waals surface area contributed by atoms with Gasteiger partial charge in [-0.05, 0) is 29.2 Å². The molecule has 0 amide bonds. The van der Waals surface area contributed by atoms with Crippen molar-refractivity contribution >= 4 is 23.3 Å². The molecule has 20 heavy (non-hydrogen) atoms. The molecule has 2 heterocycles. The second-order valence-electron chi connectivity index (χ2n) is 4.35. The van der Waals surface area contributed by atoms with E-state index >= 15 is 0 Å². The predicted molar refractivity (Wildman–Crippen MR) is 67.7 cm³/mol. The standard InChI is InChI=1S/C9H11F3N6S2/c1-4(2)3-5-14-8(20-17-5)19-7-16-15-6(18(7)13)9(10,11)12/h4H,3,13H2,1-2H3. The average Bonchev–Trinajstić information content (AvgIpc) is 2.86. The molecule has 2 aromatic heterocycles. The molecule has 0 spiro atoms. The Kier molecular flexibility index (Phi) is 4.18. The number of nitrogen functional groups attached to an aromatic ring is 1. The highest BCUT2D eigenvalue weighted by molar-refractivity contribution is 8.00. The van der Waals surface area contributed by atoms with Crippen molar-refractivity contribution < 1.29 is 13.2 Å². The predicted octanol–water partition coefficient (Wildman–Crippen LogP) is 2.21.